The maximum atomic E-state index is 12.7. The molecule has 6 nitrogen and oxygen atoms in total. The van der Waals surface area contributed by atoms with Gasteiger partial charge in [0.15, 0.2) is 6.10 Å². The zero-order chi connectivity index (χ0) is 43.7. The highest BCUT2D eigenvalue weighted by Crippen LogP contribution is 2.10. The van der Waals surface area contributed by atoms with Gasteiger partial charge in [-0.2, -0.15) is 0 Å². The highest BCUT2D eigenvalue weighted by molar-refractivity contribution is 5.71. The van der Waals surface area contributed by atoms with E-state index in [0.717, 1.165) is 70.6 Å². The molecule has 60 heavy (non-hydrogen) atoms. The predicted molar refractivity (Wildman–Crippen MR) is 256 cm³/mol. The van der Waals surface area contributed by atoms with Crippen LogP contribution in [0.15, 0.2) is 134 Å². The van der Waals surface area contributed by atoms with Crippen LogP contribution in [0.3, 0.4) is 0 Å². The summed E-state index contributed by atoms with van der Waals surface area (Å²) in [6.45, 7) is 6.19. The van der Waals surface area contributed by atoms with E-state index in [1.54, 1.807) is 0 Å². The topological polar surface area (TPSA) is 78.9 Å². The first-order valence-electron chi connectivity index (χ1n) is 23.3. The number of unbranched alkanes of at least 4 members (excludes halogenated alkanes) is 10. The predicted octanol–water partition coefficient (Wildman–Crippen LogP) is 15.1. The van der Waals surface area contributed by atoms with E-state index in [2.05, 4.69) is 93.7 Å². The third-order valence-corrected chi connectivity index (χ3v) is 9.01. The fourth-order valence-electron chi connectivity index (χ4n) is 5.57. The molecule has 0 aliphatic carbocycles. The Morgan fingerprint density at radius 2 is 0.783 bits per heavy atom. The third-order valence-electron chi connectivity index (χ3n) is 9.01. The molecule has 0 rings (SSSR count). The Hall–Kier alpha value is -4.45. The molecule has 1 unspecified atom stereocenters. The molecule has 0 aromatic rings. The lowest BCUT2D eigenvalue weighted by Crippen LogP contribution is -2.30. The number of hydrogen-bond acceptors (Lipinski definition) is 6. The van der Waals surface area contributed by atoms with Crippen LogP contribution in [0.2, 0.25) is 0 Å². The number of rotatable bonds is 39. The van der Waals surface area contributed by atoms with Crippen molar-refractivity contribution in [3.05, 3.63) is 134 Å². The van der Waals surface area contributed by atoms with E-state index in [1.807, 2.05) is 60.8 Å². The Kier molecular flexibility index (Phi) is 43.7. The van der Waals surface area contributed by atoms with E-state index in [1.165, 1.54) is 38.5 Å². The largest absolute Gasteiger partial charge is 0.462 e. The molecule has 0 aliphatic heterocycles. The molecule has 0 aromatic heterocycles. The van der Waals surface area contributed by atoms with Gasteiger partial charge in [0.05, 0.1) is 0 Å². The van der Waals surface area contributed by atoms with Gasteiger partial charge in [-0.25, -0.2) is 0 Å². The van der Waals surface area contributed by atoms with Crippen LogP contribution in [0.1, 0.15) is 168 Å². The number of hydrogen-bond donors (Lipinski definition) is 0. The SMILES string of the molecule is CC\C=C/C=C\C=C/C=C\C=C/CCCC(=O)OC(COC(=O)CC/C=C\C/C=C\CCCCCCCC)COC(=O)CCCCC/C=C\C/C=C\C/C=C\C/C=C\CC. The van der Waals surface area contributed by atoms with Crippen LogP contribution in [-0.4, -0.2) is 37.2 Å². The zero-order valence-electron chi connectivity index (χ0n) is 37.9. The van der Waals surface area contributed by atoms with Gasteiger partial charge >= 0.3 is 17.9 Å². The molecule has 0 fully saturated rings. The van der Waals surface area contributed by atoms with E-state index in [-0.39, 0.29) is 38.0 Å². The first kappa shape index (κ1) is 55.5. The summed E-state index contributed by atoms with van der Waals surface area (Å²) in [5, 5.41) is 0. The number of carbonyl (C=O) groups excluding carboxylic acids is 3. The fourth-order valence-corrected chi connectivity index (χ4v) is 5.57. The minimum absolute atomic E-state index is 0.146. The normalized spacial score (nSPS) is 13.3. The Morgan fingerprint density at radius 3 is 1.35 bits per heavy atom. The van der Waals surface area contributed by atoms with E-state index < -0.39 is 12.1 Å². The number of carbonyl (C=O) groups is 3. The van der Waals surface area contributed by atoms with Crippen molar-refractivity contribution in [2.24, 2.45) is 0 Å². The van der Waals surface area contributed by atoms with Gasteiger partial charge in [-0.3, -0.25) is 14.4 Å². The van der Waals surface area contributed by atoms with Crippen molar-refractivity contribution >= 4 is 17.9 Å². The van der Waals surface area contributed by atoms with Crippen molar-refractivity contribution in [2.45, 2.75) is 175 Å². The molecule has 1 atom stereocenters. The summed E-state index contributed by atoms with van der Waals surface area (Å²) >= 11 is 0. The lowest BCUT2D eigenvalue weighted by atomic mass is 10.1. The van der Waals surface area contributed by atoms with E-state index >= 15 is 0 Å². The van der Waals surface area contributed by atoms with E-state index in [9.17, 15) is 14.4 Å². The average molecular weight is 827 g/mol. The van der Waals surface area contributed by atoms with Gasteiger partial charge in [-0.1, -0.05) is 193 Å². The van der Waals surface area contributed by atoms with Gasteiger partial charge in [0.2, 0.25) is 0 Å². The van der Waals surface area contributed by atoms with Crippen LogP contribution in [0.4, 0.5) is 0 Å². The Labute approximate surface area is 366 Å². The van der Waals surface area contributed by atoms with Crippen molar-refractivity contribution in [1.29, 1.82) is 0 Å². The number of allylic oxidation sites excluding steroid dienone is 22. The monoisotopic (exact) mass is 827 g/mol. The summed E-state index contributed by atoms with van der Waals surface area (Å²) in [7, 11) is 0. The van der Waals surface area contributed by atoms with E-state index in [0.29, 0.717) is 25.7 Å². The van der Waals surface area contributed by atoms with Crippen molar-refractivity contribution in [3.8, 4) is 0 Å². The lowest BCUT2D eigenvalue weighted by Gasteiger charge is -2.18. The molecule has 0 heterocycles. The molecule has 0 saturated carbocycles. The third kappa shape index (κ3) is 44.6. The summed E-state index contributed by atoms with van der Waals surface area (Å²) in [6, 6.07) is 0. The summed E-state index contributed by atoms with van der Waals surface area (Å²) in [5.74, 6) is -1.13. The standard InChI is InChI=1S/C54H82O6/c1-4-7-10-13-16-19-22-25-26-27-30-32-35-38-41-44-47-53(56)59-50-51(60-54(57)48-45-42-39-36-33-29-24-21-18-15-12-9-6-3)49-58-52(55)46-43-40-37-34-31-28-23-20-17-14-11-8-5-2/h7,9-10,12,15-16,18-19,21,24-26,28-33,36-37,39-40,51H,4-6,8,11,13-14,17,20,22-23,27,34-35,38,41-50H2,1-3H3/b10-7-,12-9-,18-15-,19-16-,24-21-,26-25-,31-28-,32-30-,33-29-,39-36-,40-37-. The second kappa shape index (κ2) is 47.2. The molecular formula is C54H82O6. The molecule has 0 radical (unpaired) electrons. The Bertz CT molecular complexity index is 1370. The molecule has 0 spiro atoms. The lowest BCUT2D eigenvalue weighted by molar-refractivity contribution is -0.166. The summed E-state index contributed by atoms with van der Waals surface area (Å²) in [4.78, 5) is 37.7. The molecule has 0 aromatic carbocycles. The Balaban J connectivity index is 4.65. The van der Waals surface area contributed by atoms with Gasteiger partial charge in [0.25, 0.3) is 0 Å². The average Bonchev–Trinajstić information content (AvgIpc) is 3.24. The molecule has 0 N–H and O–H groups in total. The van der Waals surface area contributed by atoms with Gasteiger partial charge in [-0.05, 0) is 89.9 Å². The quantitative estimate of drug-likeness (QED) is 0.0202. The van der Waals surface area contributed by atoms with Crippen LogP contribution >= 0.6 is 0 Å². The highest BCUT2D eigenvalue weighted by atomic mass is 16.6. The minimum atomic E-state index is -0.854. The smallest absolute Gasteiger partial charge is 0.306 e. The Morgan fingerprint density at radius 1 is 0.367 bits per heavy atom. The number of ether oxygens (including phenoxy) is 3. The van der Waals surface area contributed by atoms with Crippen molar-refractivity contribution in [3.63, 3.8) is 0 Å². The van der Waals surface area contributed by atoms with Crippen LogP contribution < -0.4 is 0 Å². The molecule has 0 bridgehead atoms. The first-order chi connectivity index (χ1) is 29.5. The van der Waals surface area contributed by atoms with E-state index in [4.69, 9.17) is 14.2 Å². The molecule has 0 amide bonds. The number of esters is 3. The molecule has 334 valence electrons. The summed E-state index contributed by atoms with van der Waals surface area (Å²) in [6.07, 6.45) is 66.0. The highest BCUT2D eigenvalue weighted by Gasteiger charge is 2.19. The van der Waals surface area contributed by atoms with Crippen LogP contribution in [0.25, 0.3) is 0 Å². The maximum absolute atomic E-state index is 12.7. The second-order valence-electron chi connectivity index (χ2n) is 14.7. The van der Waals surface area contributed by atoms with Crippen molar-refractivity contribution in [2.75, 3.05) is 13.2 Å². The molecule has 6 heteroatoms. The van der Waals surface area contributed by atoms with Gasteiger partial charge in [-0.15, -0.1) is 0 Å². The molecule has 0 saturated heterocycles. The van der Waals surface area contributed by atoms with Crippen LogP contribution in [-0.2, 0) is 28.6 Å². The van der Waals surface area contributed by atoms with Crippen LogP contribution in [0, 0.1) is 0 Å². The zero-order valence-corrected chi connectivity index (χ0v) is 37.9. The van der Waals surface area contributed by atoms with Gasteiger partial charge in [0, 0.05) is 19.3 Å². The second-order valence-corrected chi connectivity index (χ2v) is 14.7. The van der Waals surface area contributed by atoms with Gasteiger partial charge in [0.1, 0.15) is 13.2 Å². The maximum Gasteiger partial charge on any atom is 0.306 e. The molecule has 0 aliphatic rings. The fraction of sp³-hybridized carbons (Fsp3) is 0.537. The minimum Gasteiger partial charge on any atom is -0.462 e. The van der Waals surface area contributed by atoms with Gasteiger partial charge < -0.3 is 14.2 Å². The summed E-state index contributed by atoms with van der Waals surface area (Å²) < 4.78 is 16.6. The first-order valence-corrected chi connectivity index (χ1v) is 23.3. The van der Waals surface area contributed by atoms with Crippen molar-refractivity contribution in [1.82, 2.24) is 0 Å². The van der Waals surface area contributed by atoms with Crippen LogP contribution in [0.5, 0.6) is 0 Å². The summed E-state index contributed by atoms with van der Waals surface area (Å²) in [5.41, 5.74) is 0. The molecular weight excluding hydrogens is 745 g/mol. The van der Waals surface area contributed by atoms with Crippen molar-refractivity contribution < 1.29 is 28.6 Å².